The quantitative estimate of drug-likeness (QED) is 0.751. The maximum absolute atomic E-state index is 12.0. The van der Waals surface area contributed by atoms with Crippen LogP contribution in [0.5, 0.6) is 0 Å². The molecule has 1 aromatic carbocycles. The molecule has 1 aromatic rings. The molecule has 0 spiro atoms. The predicted molar refractivity (Wildman–Crippen MR) is 80.0 cm³/mol. The molecule has 0 heterocycles. The minimum Gasteiger partial charge on any atom is -0.380 e. The molecule has 0 aliphatic heterocycles. The fourth-order valence-electron chi connectivity index (χ4n) is 1.29. The summed E-state index contributed by atoms with van der Waals surface area (Å²) in [6.07, 6.45) is 0. The van der Waals surface area contributed by atoms with E-state index < -0.39 is 10.0 Å². The van der Waals surface area contributed by atoms with Crippen molar-refractivity contribution >= 4 is 37.6 Å². The van der Waals surface area contributed by atoms with Gasteiger partial charge in [-0.1, -0.05) is 25.4 Å². The van der Waals surface area contributed by atoms with Gasteiger partial charge < -0.3 is 4.74 Å². The number of halogens is 2. The zero-order valence-corrected chi connectivity index (χ0v) is 14.0. The minimum atomic E-state index is -3.52. The van der Waals surface area contributed by atoms with Gasteiger partial charge in [-0.05, 0) is 40.0 Å². The number of rotatable bonds is 7. The van der Waals surface area contributed by atoms with Crippen molar-refractivity contribution in [3.63, 3.8) is 0 Å². The van der Waals surface area contributed by atoms with Crippen LogP contribution in [-0.2, 0) is 14.8 Å². The summed E-state index contributed by atoms with van der Waals surface area (Å²) in [6.45, 7) is 5.29. The fraction of sp³-hybridized carbons (Fsp3) is 0.500. The second kappa shape index (κ2) is 7.59. The summed E-state index contributed by atoms with van der Waals surface area (Å²) in [5, 5.41) is 0.471. The van der Waals surface area contributed by atoms with Gasteiger partial charge in [-0.2, -0.15) is 0 Å². The Hall–Kier alpha value is -0.140. The SMILES string of the molecule is CC(C)COCCNS(=O)(=O)c1ccc(Cl)c(Br)c1. The largest absolute Gasteiger partial charge is 0.380 e. The zero-order valence-electron chi connectivity index (χ0n) is 10.8. The summed E-state index contributed by atoms with van der Waals surface area (Å²) in [6, 6.07) is 4.47. The Bertz CT molecular complexity index is 520. The number of hydrogen-bond donors (Lipinski definition) is 1. The third-order valence-corrected chi connectivity index (χ3v) is 4.86. The van der Waals surface area contributed by atoms with Crippen LogP contribution >= 0.6 is 27.5 Å². The Kier molecular flexibility index (Phi) is 6.76. The fourth-order valence-corrected chi connectivity index (χ4v) is 2.98. The highest BCUT2D eigenvalue weighted by atomic mass is 79.9. The molecule has 0 amide bonds. The topological polar surface area (TPSA) is 55.4 Å². The van der Waals surface area contributed by atoms with Gasteiger partial charge in [0.1, 0.15) is 0 Å². The molecule has 0 unspecified atom stereocenters. The molecule has 0 aliphatic carbocycles. The van der Waals surface area contributed by atoms with Gasteiger partial charge >= 0.3 is 0 Å². The summed E-state index contributed by atoms with van der Waals surface area (Å²) in [5.41, 5.74) is 0. The molecule has 0 saturated heterocycles. The van der Waals surface area contributed by atoms with Gasteiger partial charge in [0.25, 0.3) is 0 Å². The van der Waals surface area contributed by atoms with Crippen LogP contribution in [0.25, 0.3) is 0 Å². The molecule has 4 nitrogen and oxygen atoms in total. The molecule has 0 fully saturated rings. The lowest BCUT2D eigenvalue weighted by Crippen LogP contribution is -2.27. The Balaban J connectivity index is 2.54. The summed E-state index contributed by atoms with van der Waals surface area (Å²) in [4.78, 5) is 0.174. The zero-order chi connectivity index (χ0) is 14.5. The number of ether oxygens (including phenoxy) is 1. The number of sulfonamides is 1. The van der Waals surface area contributed by atoms with Crippen LogP contribution in [0.1, 0.15) is 13.8 Å². The molecule has 7 heteroatoms. The molecule has 0 saturated carbocycles. The lowest BCUT2D eigenvalue weighted by atomic mass is 10.2. The first-order valence-electron chi connectivity index (χ1n) is 5.85. The molecule has 0 aliphatic rings. The molecule has 0 bridgehead atoms. The number of benzene rings is 1. The molecule has 0 atom stereocenters. The van der Waals surface area contributed by atoms with Crippen molar-refractivity contribution in [3.05, 3.63) is 27.7 Å². The average Bonchev–Trinajstić information content (AvgIpc) is 2.31. The van der Waals surface area contributed by atoms with Gasteiger partial charge in [0.2, 0.25) is 10.0 Å². The molecule has 0 aromatic heterocycles. The van der Waals surface area contributed by atoms with Crippen molar-refractivity contribution in [2.45, 2.75) is 18.7 Å². The predicted octanol–water partition coefficient (Wildman–Crippen LogP) is 3.05. The van der Waals surface area contributed by atoms with E-state index in [9.17, 15) is 8.42 Å². The first-order valence-corrected chi connectivity index (χ1v) is 8.51. The van der Waals surface area contributed by atoms with E-state index in [0.717, 1.165) is 0 Å². The van der Waals surface area contributed by atoms with Crippen molar-refractivity contribution in [1.82, 2.24) is 4.72 Å². The van der Waals surface area contributed by atoms with E-state index in [1.807, 2.05) is 13.8 Å². The van der Waals surface area contributed by atoms with Crippen LogP contribution in [0.15, 0.2) is 27.6 Å². The Labute approximate surface area is 127 Å². The number of nitrogens with one attached hydrogen (secondary N) is 1. The van der Waals surface area contributed by atoms with Crippen molar-refractivity contribution in [3.8, 4) is 0 Å². The molecular weight excluding hydrogens is 354 g/mol. The van der Waals surface area contributed by atoms with E-state index in [4.69, 9.17) is 16.3 Å². The van der Waals surface area contributed by atoms with Gasteiger partial charge in [0.15, 0.2) is 0 Å². The first-order chi connectivity index (χ1) is 8.83. The van der Waals surface area contributed by atoms with Crippen molar-refractivity contribution in [2.75, 3.05) is 19.8 Å². The molecule has 108 valence electrons. The van der Waals surface area contributed by atoms with E-state index in [2.05, 4.69) is 20.7 Å². The Morgan fingerprint density at radius 2 is 2.11 bits per heavy atom. The maximum atomic E-state index is 12.0. The molecule has 0 radical (unpaired) electrons. The third-order valence-electron chi connectivity index (χ3n) is 2.19. The molecular formula is C12H17BrClNO3S. The van der Waals surface area contributed by atoms with Gasteiger partial charge in [0.05, 0.1) is 16.5 Å². The van der Waals surface area contributed by atoms with Gasteiger partial charge in [-0.15, -0.1) is 0 Å². The third kappa shape index (κ3) is 5.79. The molecule has 1 N–H and O–H groups in total. The highest BCUT2D eigenvalue weighted by molar-refractivity contribution is 9.10. The Morgan fingerprint density at radius 3 is 2.68 bits per heavy atom. The standard InChI is InChI=1S/C12H17BrClNO3S/c1-9(2)8-18-6-5-15-19(16,17)10-3-4-12(14)11(13)7-10/h3-4,7,9,15H,5-6,8H2,1-2H3. The average molecular weight is 371 g/mol. The maximum Gasteiger partial charge on any atom is 0.240 e. The lowest BCUT2D eigenvalue weighted by molar-refractivity contribution is 0.114. The van der Waals surface area contributed by atoms with Crippen LogP contribution < -0.4 is 4.72 Å². The van der Waals surface area contributed by atoms with E-state index in [1.165, 1.54) is 18.2 Å². The number of hydrogen-bond acceptors (Lipinski definition) is 3. The summed E-state index contributed by atoms with van der Waals surface area (Å²) >= 11 is 9.02. The monoisotopic (exact) mass is 369 g/mol. The first kappa shape index (κ1) is 16.9. The smallest absolute Gasteiger partial charge is 0.240 e. The second-order valence-electron chi connectivity index (χ2n) is 4.44. The van der Waals surface area contributed by atoms with Crippen LogP contribution in [0, 0.1) is 5.92 Å². The van der Waals surface area contributed by atoms with Crippen LogP contribution in [-0.4, -0.2) is 28.2 Å². The Morgan fingerprint density at radius 1 is 1.42 bits per heavy atom. The lowest BCUT2D eigenvalue weighted by Gasteiger charge is -2.09. The second-order valence-corrected chi connectivity index (χ2v) is 7.47. The minimum absolute atomic E-state index is 0.174. The van der Waals surface area contributed by atoms with Gasteiger partial charge in [0, 0.05) is 17.6 Å². The molecule has 1 rings (SSSR count). The van der Waals surface area contributed by atoms with Crippen LogP contribution in [0.4, 0.5) is 0 Å². The van der Waals surface area contributed by atoms with E-state index in [1.54, 1.807) is 0 Å². The van der Waals surface area contributed by atoms with Crippen molar-refractivity contribution in [2.24, 2.45) is 5.92 Å². The normalized spacial score (nSPS) is 12.1. The highest BCUT2D eigenvalue weighted by Crippen LogP contribution is 2.25. The van der Waals surface area contributed by atoms with E-state index >= 15 is 0 Å². The van der Waals surface area contributed by atoms with Gasteiger partial charge in [-0.3, -0.25) is 0 Å². The molecule has 19 heavy (non-hydrogen) atoms. The summed E-state index contributed by atoms with van der Waals surface area (Å²) in [7, 11) is -3.52. The summed E-state index contributed by atoms with van der Waals surface area (Å²) < 4.78 is 32.3. The van der Waals surface area contributed by atoms with E-state index in [-0.39, 0.29) is 11.4 Å². The van der Waals surface area contributed by atoms with Crippen LogP contribution in [0.3, 0.4) is 0 Å². The van der Waals surface area contributed by atoms with Gasteiger partial charge in [-0.25, -0.2) is 13.1 Å². The summed E-state index contributed by atoms with van der Waals surface area (Å²) in [5.74, 6) is 0.434. The van der Waals surface area contributed by atoms with Crippen molar-refractivity contribution in [1.29, 1.82) is 0 Å². The van der Waals surface area contributed by atoms with Crippen molar-refractivity contribution < 1.29 is 13.2 Å². The van der Waals surface area contributed by atoms with Crippen LogP contribution in [0.2, 0.25) is 5.02 Å². The highest BCUT2D eigenvalue weighted by Gasteiger charge is 2.14. The van der Waals surface area contributed by atoms with E-state index in [0.29, 0.717) is 28.6 Å².